The summed E-state index contributed by atoms with van der Waals surface area (Å²) in [5.41, 5.74) is 2.08. The maximum Gasteiger partial charge on any atom is 0.171 e. The van der Waals surface area contributed by atoms with Crippen LogP contribution in [0.25, 0.3) is 21.8 Å². The van der Waals surface area contributed by atoms with E-state index in [1.165, 1.54) is 17.7 Å². The zero-order chi connectivity index (χ0) is 18.8. The van der Waals surface area contributed by atoms with E-state index in [9.17, 15) is 5.26 Å². The molecule has 2 aromatic heterocycles. The second-order valence-corrected chi connectivity index (χ2v) is 7.86. The Kier molecular flexibility index (Phi) is 5.32. The van der Waals surface area contributed by atoms with E-state index in [-0.39, 0.29) is 0 Å². The molecule has 1 N–H and O–H groups in total. The number of rotatable bonds is 3. The monoisotopic (exact) mass is 419 g/mol. The van der Waals surface area contributed by atoms with Gasteiger partial charge in [-0.2, -0.15) is 5.26 Å². The molecule has 1 fully saturated rings. The molecule has 1 aliphatic heterocycles. The number of nitriles is 1. The summed E-state index contributed by atoms with van der Waals surface area (Å²) in [6, 6.07) is 7.67. The van der Waals surface area contributed by atoms with E-state index in [4.69, 9.17) is 27.9 Å². The summed E-state index contributed by atoms with van der Waals surface area (Å²) in [5.74, 6) is 0.606. The topological polar surface area (TPSA) is 77.8 Å². The Hall–Kier alpha value is -2.11. The maximum absolute atomic E-state index is 10.0. The molecule has 1 saturated heterocycles. The highest BCUT2D eigenvalue weighted by Crippen LogP contribution is 2.48. The molecule has 138 valence electrons. The minimum Gasteiger partial charge on any atom is -0.380 e. The molecular formula is C18H15Cl2N5OS. The fourth-order valence-electron chi connectivity index (χ4n) is 3.13. The second kappa shape index (κ2) is 7.87. The van der Waals surface area contributed by atoms with Crippen LogP contribution in [0.5, 0.6) is 0 Å². The molecule has 9 heteroatoms. The largest absolute Gasteiger partial charge is 0.380 e. The van der Waals surface area contributed by atoms with Crippen LogP contribution >= 0.6 is 34.5 Å². The van der Waals surface area contributed by atoms with Crippen molar-refractivity contribution in [1.82, 2.24) is 15.2 Å². The van der Waals surface area contributed by atoms with Crippen LogP contribution in [0.3, 0.4) is 0 Å². The Morgan fingerprint density at radius 2 is 2.15 bits per heavy atom. The minimum absolute atomic E-state index is 0.489. The SMILES string of the molecule is N#Cc1c(N2CCCOCC2)sc(-c2nnc[nH]2)c1-c1ccc(Cl)cc1Cl. The van der Waals surface area contributed by atoms with Crippen molar-refractivity contribution in [2.45, 2.75) is 6.42 Å². The quantitative estimate of drug-likeness (QED) is 0.670. The van der Waals surface area contributed by atoms with Crippen LogP contribution in [0.2, 0.25) is 10.0 Å². The fraction of sp³-hybridized carbons (Fsp3) is 0.278. The lowest BCUT2D eigenvalue weighted by atomic mass is 10.0. The number of halogens is 2. The number of aromatic amines is 1. The molecule has 0 radical (unpaired) electrons. The first-order valence-corrected chi connectivity index (χ1v) is 9.97. The molecular weight excluding hydrogens is 405 g/mol. The van der Waals surface area contributed by atoms with Gasteiger partial charge in [0.15, 0.2) is 5.82 Å². The Balaban J connectivity index is 1.94. The van der Waals surface area contributed by atoms with Gasteiger partial charge in [-0.05, 0) is 18.6 Å². The van der Waals surface area contributed by atoms with Crippen LogP contribution in [-0.4, -0.2) is 41.5 Å². The lowest BCUT2D eigenvalue weighted by molar-refractivity contribution is 0.152. The molecule has 0 aliphatic carbocycles. The van der Waals surface area contributed by atoms with Crippen LogP contribution in [0.4, 0.5) is 5.00 Å². The molecule has 0 bridgehead atoms. The standard InChI is InChI=1S/C18H15Cl2N5OS/c19-11-2-3-12(14(20)8-11)15-13(9-21)18(25-4-1-6-26-7-5-25)27-16(15)17-22-10-23-24-17/h2-3,8,10H,1,4-7H2,(H,22,23,24). The number of aromatic nitrogens is 3. The number of hydrogen-bond donors (Lipinski definition) is 1. The van der Waals surface area contributed by atoms with Crippen LogP contribution in [0, 0.1) is 11.3 Å². The van der Waals surface area contributed by atoms with Crippen LogP contribution < -0.4 is 4.90 Å². The van der Waals surface area contributed by atoms with E-state index in [0.29, 0.717) is 28.0 Å². The number of nitrogens with zero attached hydrogens (tertiary/aromatic N) is 4. The molecule has 0 atom stereocenters. The summed E-state index contributed by atoms with van der Waals surface area (Å²) in [6.07, 6.45) is 2.44. The van der Waals surface area contributed by atoms with Crippen molar-refractivity contribution >= 4 is 39.5 Å². The number of hydrogen-bond acceptors (Lipinski definition) is 6. The van der Waals surface area contributed by atoms with Gasteiger partial charge >= 0.3 is 0 Å². The number of benzene rings is 1. The number of anilines is 1. The first kappa shape index (κ1) is 18.3. The zero-order valence-corrected chi connectivity index (χ0v) is 16.5. The Bertz CT molecular complexity index is 988. The molecule has 1 aliphatic rings. The van der Waals surface area contributed by atoms with Gasteiger partial charge in [0, 0.05) is 40.9 Å². The molecule has 0 saturated carbocycles. The number of ether oxygens (including phenoxy) is 1. The highest BCUT2D eigenvalue weighted by Gasteiger charge is 2.27. The van der Waals surface area contributed by atoms with Crippen molar-refractivity contribution in [3.63, 3.8) is 0 Å². The lowest BCUT2D eigenvalue weighted by Crippen LogP contribution is -2.25. The maximum atomic E-state index is 10.0. The van der Waals surface area contributed by atoms with Gasteiger partial charge < -0.3 is 14.6 Å². The molecule has 3 aromatic rings. The van der Waals surface area contributed by atoms with Crippen molar-refractivity contribution in [2.24, 2.45) is 0 Å². The smallest absolute Gasteiger partial charge is 0.171 e. The van der Waals surface area contributed by atoms with Gasteiger partial charge in [0.05, 0.1) is 17.0 Å². The second-order valence-electron chi connectivity index (χ2n) is 6.01. The van der Waals surface area contributed by atoms with E-state index < -0.39 is 0 Å². The van der Waals surface area contributed by atoms with Gasteiger partial charge in [-0.15, -0.1) is 21.5 Å². The highest BCUT2D eigenvalue weighted by atomic mass is 35.5. The van der Waals surface area contributed by atoms with Gasteiger partial charge in [-0.25, -0.2) is 0 Å². The fourth-order valence-corrected chi connectivity index (χ4v) is 4.90. The van der Waals surface area contributed by atoms with Crippen molar-refractivity contribution < 1.29 is 4.74 Å². The predicted molar refractivity (Wildman–Crippen MR) is 108 cm³/mol. The Morgan fingerprint density at radius 3 is 2.89 bits per heavy atom. The normalized spacial score (nSPS) is 14.8. The summed E-state index contributed by atoms with van der Waals surface area (Å²) < 4.78 is 5.56. The summed E-state index contributed by atoms with van der Waals surface area (Å²) in [5, 5.41) is 20.0. The van der Waals surface area contributed by atoms with E-state index in [2.05, 4.69) is 26.2 Å². The molecule has 4 rings (SSSR count). The summed E-state index contributed by atoms with van der Waals surface area (Å²) in [7, 11) is 0. The third kappa shape index (κ3) is 3.54. The van der Waals surface area contributed by atoms with E-state index >= 15 is 0 Å². The molecule has 0 amide bonds. The number of thiophene rings is 1. The van der Waals surface area contributed by atoms with Gasteiger partial charge in [0.25, 0.3) is 0 Å². The Labute approximate surface area is 170 Å². The first-order chi connectivity index (χ1) is 13.2. The molecule has 6 nitrogen and oxygen atoms in total. The molecule has 0 spiro atoms. The van der Waals surface area contributed by atoms with Crippen LogP contribution in [-0.2, 0) is 4.74 Å². The molecule has 27 heavy (non-hydrogen) atoms. The van der Waals surface area contributed by atoms with E-state index in [0.717, 1.165) is 47.1 Å². The van der Waals surface area contributed by atoms with Crippen molar-refractivity contribution in [1.29, 1.82) is 5.26 Å². The van der Waals surface area contributed by atoms with Gasteiger partial charge in [0.1, 0.15) is 17.4 Å². The molecule has 0 unspecified atom stereocenters. The molecule has 3 heterocycles. The zero-order valence-electron chi connectivity index (χ0n) is 14.2. The number of H-pyrrole nitrogens is 1. The molecule has 1 aromatic carbocycles. The third-order valence-electron chi connectivity index (χ3n) is 4.34. The summed E-state index contributed by atoms with van der Waals surface area (Å²) in [4.78, 5) is 6.07. The summed E-state index contributed by atoms with van der Waals surface area (Å²) >= 11 is 14.1. The van der Waals surface area contributed by atoms with Crippen LogP contribution in [0.1, 0.15) is 12.0 Å². The minimum atomic E-state index is 0.489. The van der Waals surface area contributed by atoms with E-state index in [1.807, 2.05) is 6.07 Å². The Morgan fingerprint density at radius 1 is 1.26 bits per heavy atom. The van der Waals surface area contributed by atoms with Crippen LogP contribution in [0.15, 0.2) is 24.5 Å². The van der Waals surface area contributed by atoms with Gasteiger partial charge in [-0.3, -0.25) is 0 Å². The van der Waals surface area contributed by atoms with Crippen molar-refractivity contribution in [3.05, 3.63) is 40.1 Å². The average molecular weight is 420 g/mol. The predicted octanol–water partition coefficient (Wildman–Crippen LogP) is 4.61. The first-order valence-electron chi connectivity index (χ1n) is 8.40. The number of nitrogens with one attached hydrogen (secondary N) is 1. The average Bonchev–Trinajstić information content (AvgIpc) is 3.22. The highest BCUT2D eigenvalue weighted by molar-refractivity contribution is 7.20. The lowest BCUT2D eigenvalue weighted by Gasteiger charge is -2.20. The van der Waals surface area contributed by atoms with Crippen molar-refractivity contribution in [2.75, 3.05) is 31.2 Å². The third-order valence-corrected chi connectivity index (χ3v) is 6.15. The summed E-state index contributed by atoms with van der Waals surface area (Å²) in [6.45, 7) is 2.93. The van der Waals surface area contributed by atoms with Crippen molar-refractivity contribution in [3.8, 4) is 27.9 Å². The van der Waals surface area contributed by atoms with E-state index in [1.54, 1.807) is 12.1 Å². The van der Waals surface area contributed by atoms with Gasteiger partial charge in [-0.1, -0.05) is 29.3 Å². The van der Waals surface area contributed by atoms with Gasteiger partial charge in [0.2, 0.25) is 0 Å².